The highest BCUT2D eigenvalue weighted by molar-refractivity contribution is 6.29. The molecule has 70 valence electrons. The lowest BCUT2D eigenvalue weighted by atomic mass is 10.1. The van der Waals surface area contributed by atoms with Crippen molar-refractivity contribution >= 4 is 11.6 Å². The van der Waals surface area contributed by atoms with Crippen molar-refractivity contribution in [2.45, 2.75) is 6.92 Å². The first kappa shape index (κ1) is 9.09. The molecule has 2 aromatic heterocycles. The van der Waals surface area contributed by atoms with Gasteiger partial charge in [-0.05, 0) is 24.6 Å². The summed E-state index contributed by atoms with van der Waals surface area (Å²) in [4.78, 5) is 12.1. The molecule has 0 N–H and O–H groups in total. The van der Waals surface area contributed by atoms with E-state index < -0.39 is 0 Å². The van der Waals surface area contributed by atoms with Crippen molar-refractivity contribution in [2.24, 2.45) is 0 Å². The first-order valence-electron chi connectivity index (χ1n) is 4.16. The second-order valence-corrected chi connectivity index (χ2v) is 3.27. The van der Waals surface area contributed by atoms with Crippen molar-refractivity contribution in [3.05, 3.63) is 41.7 Å². The van der Waals surface area contributed by atoms with Gasteiger partial charge in [0.15, 0.2) is 0 Å². The van der Waals surface area contributed by atoms with Crippen molar-refractivity contribution in [1.82, 2.24) is 15.0 Å². The fourth-order valence-electron chi connectivity index (χ4n) is 1.12. The Balaban J connectivity index is 2.44. The fraction of sp³-hybridized carbons (Fsp3) is 0.100. The molecule has 2 aromatic rings. The van der Waals surface area contributed by atoms with Crippen LogP contribution >= 0.6 is 11.6 Å². The number of hydrogen-bond donors (Lipinski definition) is 0. The average molecular weight is 206 g/mol. The Morgan fingerprint density at radius 3 is 2.43 bits per heavy atom. The molecule has 0 fully saturated rings. The van der Waals surface area contributed by atoms with E-state index in [0.29, 0.717) is 5.15 Å². The summed E-state index contributed by atoms with van der Waals surface area (Å²) in [6, 6.07) is 3.66. The minimum absolute atomic E-state index is 0.475. The highest BCUT2D eigenvalue weighted by Gasteiger charge is 1.99. The van der Waals surface area contributed by atoms with Gasteiger partial charge in [0.05, 0.1) is 0 Å². The second kappa shape index (κ2) is 3.72. The molecule has 0 aliphatic carbocycles. The van der Waals surface area contributed by atoms with Crippen LogP contribution in [0, 0.1) is 6.92 Å². The van der Waals surface area contributed by atoms with E-state index in [1.54, 1.807) is 24.7 Å². The molecule has 0 unspecified atom stereocenters. The molecule has 4 heteroatoms. The number of nitrogens with zero attached hydrogens (tertiary/aromatic N) is 3. The largest absolute Gasteiger partial charge is 0.245 e. The lowest BCUT2D eigenvalue weighted by Gasteiger charge is -2.00. The molecule has 0 aliphatic rings. The molecule has 0 saturated carbocycles. The summed E-state index contributed by atoms with van der Waals surface area (Å²) in [5, 5.41) is 0.475. The number of hydrogen-bond acceptors (Lipinski definition) is 3. The van der Waals surface area contributed by atoms with Crippen LogP contribution in [0.5, 0.6) is 0 Å². The Labute approximate surface area is 86.8 Å². The maximum Gasteiger partial charge on any atom is 0.129 e. The normalized spacial score (nSPS) is 10.1. The summed E-state index contributed by atoms with van der Waals surface area (Å²) < 4.78 is 0. The van der Waals surface area contributed by atoms with Crippen LogP contribution in [-0.2, 0) is 0 Å². The zero-order valence-corrected chi connectivity index (χ0v) is 8.36. The third kappa shape index (κ3) is 1.88. The van der Waals surface area contributed by atoms with Crippen molar-refractivity contribution in [2.75, 3.05) is 0 Å². The van der Waals surface area contributed by atoms with E-state index in [1.807, 2.05) is 13.0 Å². The Morgan fingerprint density at radius 1 is 1.07 bits per heavy atom. The maximum atomic E-state index is 5.77. The highest BCUT2D eigenvalue weighted by Crippen LogP contribution is 2.19. The number of aryl methyl sites for hydroxylation is 1. The van der Waals surface area contributed by atoms with E-state index in [4.69, 9.17) is 11.6 Å². The van der Waals surface area contributed by atoms with Crippen LogP contribution in [0.3, 0.4) is 0 Å². The molecule has 0 atom stereocenters. The zero-order valence-electron chi connectivity index (χ0n) is 7.61. The van der Waals surface area contributed by atoms with E-state index in [2.05, 4.69) is 15.0 Å². The van der Waals surface area contributed by atoms with Crippen molar-refractivity contribution in [1.29, 1.82) is 0 Å². The first-order chi connectivity index (χ1) is 6.75. The minimum atomic E-state index is 0.475. The SMILES string of the molecule is Cc1ncc(-c2ccnc(Cl)c2)cn1. The lowest BCUT2D eigenvalue weighted by Crippen LogP contribution is -1.87. The average Bonchev–Trinajstić information content (AvgIpc) is 2.19. The number of halogens is 1. The molecule has 0 spiro atoms. The second-order valence-electron chi connectivity index (χ2n) is 2.89. The molecule has 0 amide bonds. The molecule has 0 bridgehead atoms. The third-order valence-corrected chi connectivity index (χ3v) is 2.05. The van der Waals surface area contributed by atoms with Crippen LogP contribution in [0.4, 0.5) is 0 Å². The topological polar surface area (TPSA) is 38.7 Å². The Morgan fingerprint density at radius 2 is 1.79 bits per heavy atom. The molecule has 3 nitrogen and oxygen atoms in total. The van der Waals surface area contributed by atoms with Gasteiger partial charge in [-0.2, -0.15) is 0 Å². The lowest BCUT2D eigenvalue weighted by molar-refractivity contribution is 1.05. The standard InChI is InChI=1S/C10H8ClN3/c1-7-13-5-9(6-14-7)8-2-3-12-10(11)4-8/h2-6H,1H3. The number of rotatable bonds is 1. The molecule has 0 aromatic carbocycles. The van der Waals surface area contributed by atoms with E-state index in [9.17, 15) is 0 Å². The van der Waals surface area contributed by atoms with Gasteiger partial charge in [0.2, 0.25) is 0 Å². The predicted octanol–water partition coefficient (Wildman–Crippen LogP) is 2.50. The molecule has 14 heavy (non-hydrogen) atoms. The van der Waals surface area contributed by atoms with Crippen LogP contribution in [0.15, 0.2) is 30.7 Å². The summed E-state index contributed by atoms with van der Waals surface area (Å²) in [5.74, 6) is 0.758. The molecule has 2 rings (SSSR count). The Hall–Kier alpha value is -1.48. The summed E-state index contributed by atoms with van der Waals surface area (Å²) in [7, 11) is 0. The zero-order chi connectivity index (χ0) is 9.97. The van der Waals surface area contributed by atoms with Crippen LogP contribution in [-0.4, -0.2) is 15.0 Å². The van der Waals surface area contributed by atoms with Gasteiger partial charge in [-0.25, -0.2) is 15.0 Å². The Kier molecular flexibility index (Phi) is 2.41. The quantitative estimate of drug-likeness (QED) is 0.672. The van der Waals surface area contributed by atoms with E-state index in [-0.39, 0.29) is 0 Å². The molecule has 2 heterocycles. The Bertz CT molecular complexity index is 439. The highest BCUT2D eigenvalue weighted by atomic mass is 35.5. The van der Waals surface area contributed by atoms with Crippen molar-refractivity contribution in [3.63, 3.8) is 0 Å². The van der Waals surface area contributed by atoms with E-state index in [1.165, 1.54) is 0 Å². The van der Waals surface area contributed by atoms with Gasteiger partial charge in [-0.3, -0.25) is 0 Å². The predicted molar refractivity (Wildman–Crippen MR) is 55.0 cm³/mol. The van der Waals surface area contributed by atoms with Crippen LogP contribution in [0.1, 0.15) is 5.82 Å². The van der Waals surface area contributed by atoms with Gasteiger partial charge in [-0.15, -0.1) is 0 Å². The van der Waals surface area contributed by atoms with E-state index in [0.717, 1.165) is 17.0 Å². The summed E-state index contributed by atoms with van der Waals surface area (Å²) in [5.41, 5.74) is 1.92. The van der Waals surface area contributed by atoms with Gasteiger partial charge in [0, 0.05) is 24.2 Å². The molecular weight excluding hydrogens is 198 g/mol. The van der Waals surface area contributed by atoms with Crippen LogP contribution in [0.2, 0.25) is 5.15 Å². The van der Waals surface area contributed by atoms with Gasteiger partial charge in [0.25, 0.3) is 0 Å². The number of aromatic nitrogens is 3. The van der Waals surface area contributed by atoms with Gasteiger partial charge in [0.1, 0.15) is 11.0 Å². The molecular formula is C10H8ClN3. The number of pyridine rings is 1. The maximum absolute atomic E-state index is 5.77. The molecule has 0 radical (unpaired) electrons. The van der Waals surface area contributed by atoms with Crippen LogP contribution < -0.4 is 0 Å². The summed E-state index contributed by atoms with van der Waals surface area (Å²) >= 11 is 5.77. The monoisotopic (exact) mass is 205 g/mol. The third-order valence-electron chi connectivity index (χ3n) is 1.84. The molecule has 0 saturated heterocycles. The van der Waals surface area contributed by atoms with Gasteiger partial charge in [-0.1, -0.05) is 11.6 Å². The van der Waals surface area contributed by atoms with Gasteiger partial charge < -0.3 is 0 Å². The minimum Gasteiger partial charge on any atom is -0.245 e. The van der Waals surface area contributed by atoms with Crippen molar-refractivity contribution in [3.8, 4) is 11.1 Å². The van der Waals surface area contributed by atoms with Crippen LogP contribution in [0.25, 0.3) is 11.1 Å². The molecule has 0 aliphatic heterocycles. The smallest absolute Gasteiger partial charge is 0.129 e. The summed E-state index contributed by atoms with van der Waals surface area (Å²) in [6.07, 6.45) is 5.21. The fourth-order valence-corrected chi connectivity index (χ4v) is 1.30. The van der Waals surface area contributed by atoms with Crippen molar-refractivity contribution < 1.29 is 0 Å². The van der Waals surface area contributed by atoms with E-state index >= 15 is 0 Å². The van der Waals surface area contributed by atoms with Gasteiger partial charge >= 0.3 is 0 Å². The first-order valence-corrected chi connectivity index (χ1v) is 4.54. The summed E-state index contributed by atoms with van der Waals surface area (Å²) in [6.45, 7) is 1.85.